The fourth-order valence-electron chi connectivity index (χ4n) is 3.77. The molecule has 0 bridgehead atoms. The number of alkyl halides is 3. The molecule has 0 radical (unpaired) electrons. The summed E-state index contributed by atoms with van der Waals surface area (Å²) in [4.78, 5) is 36.4. The van der Waals surface area contributed by atoms with Gasteiger partial charge in [-0.1, -0.05) is 48.0 Å². The maximum Gasteiger partial charge on any atom is 0.416 e. The number of esters is 2. The third kappa shape index (κ3) is 9.02. The molecule has 0 amide bonds. The van der Waals surface area contributed by atoms with Gasteiger partial charge in [0.25, 0.3) is 5.69 Å². The molecule has 0 spiro atoms. The first-order valence-electron chi connectivity index (χ1n) is 12.4. The predicted octanol–water partition coefficient (Wildman–Crippen LogP) is 7.31. The van der Waals surface area contributed by atoms with Gasteiger partial charge in [-0.15, -0.1) is 0 Å². The molecule has 3 aromatic rings. The highest BCUT2D eigenvalue weighted by Gasteiger charge is 2.40. The SMILES string of the molecule is CCOCC.COC(=O)C(C)(Cc1ccccc1)OC(=O)c1cc(-c2ccc(C(F)(F)F)cc2Cl)ccc1[N+](=O)[O-]. The lowest BCUT2D eigenvalue weighted by atomic mass is 9.95. The van der Waals surface area contributed by atoms with Crippen molar-refractivity contribution in [3.8, 4) is 11.1 Å². The van der Waals surface area contributed by atoms with Crippen LogP contribution in [0.15, 0.2) is 66.7 Å². The summed E-state index contributed by atoms with van der Waals surface area (Å²) in [5.74, 6) is -2.08. The largest absolute Gasteiger partial charge is 0.466 e. The van der Waals surface area contributed by atoms with E-state index in [9.17, 15) is 32.9 Å². The molecular formula is C29H29ClF3NO7. The molecule has 41 heavy (non-hydrogen) atoms. The second kappa shape index (κ2) is 14.6. The van der Waals surface area contributed by atoms with Crippen LogP contribution in [0, 0.1) is 10.1 Å². The van der Waals surface area contributed by atoms with Gasteiger partial charge in [-0.3, -0.25) is 10.1 Å². The van der Waals surface area contributed by atoms with Crippen LogP contribution in [0.4, 0.5) is 18.9 Å². The zero-order valence-electron chi connectivity index (χ0n) is 22.8. The Morgan fingerprint density at radius 3 is 2.10 bits per heavy atom. The van der Waals surface area contributed by atoms with Crippen LogP contribution in [0.3, 0.4) is 0 Å². The minimum atomic E-state index is -4.62. The minimum Gasteiger partial charge on any atom is -0.466 e. The number of nitro benzene ring substituents is 1. The van der Waals surface area contributed by atoms with Gasteiger partial charge in [0, 0.05) is 36.3 Å². The third-order valence-corrected chi connectivity index (χ3v) is 6.06. The topological polar surface area (TPSA) is 105 Å². The molecule has 3 aromatic carbocycles. The monoisotopic (exact) mass is 595 g/mol. The molecule has 0 fully saturated rings. The van der Waals surface area contributed by atoms with E-state index in [-0.39, 0.29) is 22.6 Å². The first-order chi connectivity index (χ1) is 19.3. The number of nitrogens with zero attached hydrogens (tertiary/aromatic N) is 1. The van der Waals surface area contributed by atoms with Crippen LogP contribution >= 0.6 is 11.6 Å². The number of benzene rings is 3. The van der Waals surface area contributed by atoms with Crippen LogP contribution in [0.2, 0.25) is 5.02 Å². The molecule has 0 aliphatic carbocycles. The molecule has 0 aliphatic heterocycles. The Bertz CT molecular complexity index is 1360. The van der Waals surface area contributed by atoms with Crippen molar-refractivity contribution < 1.29 is 41.9 Å². The van der Waals surface area contributed by atoms with Crippen LogP contribution in [-0.2, 0) is 31.6 Å². The molecule has 1 atom stereocenters. The van der Waals surface area contributed by atoms with Crippen LogP contribution < -0.4 is 0 Å². The molecular weight excluding hydrogens is 567 g/mol. The van der Waals surface area contributed by atoms with Crippen LogP contribution in [-0.4, -0.2) is 42.8 Å². The Labute approximate surface area is 240 Å². The lowest BCUT2D eigenvalue weighted by Gasteiger charge is -2.27. The Morgan fingerprint density at radius 2 is 1.61 bits per heavy atom. The maximum atomic E-state index is 13.1. The summed E-state index contributed by atoms with van der Waals surface area (Å²) in [6, 6.07) is 14.5. The van der Waals surface area contributed by atoms with Gasteiger partial charge in [0.15, 0.2) is 0 Å². The second-order valence-corrected chi connectivity index (χ2v) is 9.14. The van der Waals surface area contributed by atoms with E-state index in [2.05, 4.69) is 0 Å². The molecule has 0 N–H and O–H groups in total. The summed E-state index contributed by atoms with van der Waals surface area (Å²) in [6.45, 7) is 6.98. The summed E-state index contributed by atoms with van der Waals surface area (Å²) in [5, 5.41) is 11.3. The first kappa shape index (κ1) is 33.2. The summed E-state index contributed by atoms with van der Waals surface area (Å²) in [7, 11) is 1.11. The van der Waals surface area contributed by atoms with Crippen molar-refractivity contribution in [3.63, 3.8) is 0 Å². The molecule has 220 valence electrons. The van der Waals surface area contributed by atoms with Crippen molar-refractivity contribution in [1.29, 1.82) is 0 Å². The van der Waals surface area contributed by atoms with Crippen molar-refractivity contribution >= 4 is 29.2 Å². The normalized spacial score (nSPS) is 12.4. The van der Waals surface area contributed by atoms with E-state index >= 15 is 0 Å². The van der Waals surface area contributed by atoms with Crippen molar-refractivity contribution in [2.45, 2.75) is 39.0 Å². The average molecular weight is 596 g/mol. The van der Waals surface area contributed by atoms with Crippen LogP contribution in [0.25, 0.3) is 11.1 Å². The van der Waals surface area contributed by atoms with Crippen molar-refractivity contribution in [1.82, 2.24) is 0 Å². The van der Waals surface area contributed by atoms with Crippen molar-refractivity contribution in [2.75, 3.05) is 20.3 Å². The molecule has 3 rings (SSSR count). The number of hydrogen-bond acceptors (Lipinski definition) is 7. The van der Waals surface area contributed by atoms with Crippen molar-refractivity contribution in [2.24, 2.45) is 0 Å². The molecule has 0 aromatic heterocycles. The van der Waals surface area contributed by atoms with E-state index in [0.717, 1.165) is 44.6 Å². The Morgan fingerprint density at radius 1 is 0.976 bits per heavy atom. The van der Waals surface area contributed by atoms with Gasteiger partial charge >= 0.3 is 18.1 Å². The van der Waals surface area contributed by atoms with Crippen LogP contribution in [0.5, 0.6) is 0 Å². The van der Waals surface area contributed by atoms with Gasteiger partial charge in [-0.05, 0) is 56.2 Å². The Balaban J connectivity index is 0.00000108. The van der Waals surface area contributed by atoms with E-state index in [1.165, 1.54) is 13.0 Å². The van der Waals surface area contributed by atoms with Gasteiger partial charge < -0.3 is 14.2 Å². The highest BCUT2D eigenvalue weighted by Crippen LogP contribution is 2.37. The zero-order chi connectivity index (χ0) is 30.8. The fourth-order valence-corrected chi connectivity index (χ4v) is 4.06. The number of halogens is 4. The summed E-state index contributed by atoms with van der Waals surface area (Å²) in [6.07, 6.45) is -4.70. The summed E-state index contributed by atoms with van der Waals surface area (Å²) >= 11 is 6.05. The molecule has 12 heteroatoms. The number of rotatable bonds is 9. The second-order valence-electron chi connectivity index (χ2n) is 8.74. The highest BCUT2D eigenvalue weighted by molar-refractivity contribution is 6.33. The number of methoxy groups -OCH3 is 1. The van der Waals surface area contributed by atoms with E-state index < -0.39 is 45.5 Å². The van der Waals surface area contributed by atoms with Gasteiger partial charge in [0.05, 0.1) is 17.6 Å². The number of nitro groups is 1. The maximum absolute atomic E-state index is 13.1. The lowest BCUT2D eigenvalue weighted by molar-refractivity contribution is -0.385. The Hall–Kier alpha value is -3.96. The molecule has 1 unspecified atom stereocenters. The minimum absolute atomic E-state index is 0.0789. The van der Waals surface area contributed by atoms with E-state index in [1.807, 2.05) is 13.8 Å². The number of carbonyl (C=O) groups excluding carboxylic acids is 2. The zero-order valence-corrected chi connectivity index (χ0v) is 23.5. The number of hydrogen-bond donors (Lipinski definition) is 0. The lowest BCUT2D eigenvalue weighted by Crippen LogP contribution is -2.43. The van der Waals surface area contributed by atoms with Gasteiger partial charge in [-0.25, -0.2) is 9.59 Å². The van der Waals surface area contributed by atoms with E-state index in [1.54, 1.807) is 30.3 Å². The summed E-state index contributed by atoms with van der Waals surface area (Å²) < 4.78 is 54.0. The van der Waals surface area contributed by atoms with Gasteiger partial charge in [0.2, 0.25) is 5.60 Å². The third-order valence-electron chi connectivity index (χ3n) is 5.75. The highest BCUT2D eigenvalue weighted by atomic mass is 35.5. The molecule has 8 nitrogen and oxygen atoms in total. The predicted molar refractivity (Wildman–Crippen MR) is 147 cm³/mol. The smallest absolute Gasteiger partial charge is 0.416 e. The standard InChI is InChI=1S/C25H19ClF3NO6.C4H10O/c1-24(23(32)35-2,14-15-6-4-3-5-7-15)36-22(31)19-12-16(8-11-21(19)30(33)34)18-10-9-17(13-20(18)26)25(27,28)29;1-3-5-4-2/h3-13H,14H2,1-2H3;3-4H2,1-2H3. The molecule has 0 saturated carbocycles. The fraction of sp³-hybridized carbons (Fsp3) is 0.310. The van der Waals surface area contributed by atoms with E-state index in [0.29, 0.717) is 11.6 Å². The van der Waals surface area contributed by atoms with Crippen LogP contribution in [0.1, 0.15) is 42.3 Å². The molecule has 0 saturated heterocycles. The van der Waals surface area contributed by atoms with Gasteiger partial charge in [0.1, 0.15) is 5.56 Å². The van der Waals surface area contributed by atoms with Gasteiger partial charge in [-0.2, -0.15) is 13.2 Å². The summed E-state index contributed by atoms with van der Waals surface area (Å²) in [5.41, 5.74) is -3.08. The van der Waals surface area contributed by atoms with E-state index in [4.69, 9.17) is 25.8 Å². The first-order valence-corrected chi connectivity index (χ1v) is 12.7. The number of ether oxygens (including phenoxy) is 3. The quantitative estimate of drug-likeness (QED) is 0.145. The van der Waals surface area contributed by atoms with Crippen molar-refractivity contribution in [3.05, 3.63) is 98.6 Å². The molecule has 0 heterocycles. The average Bonchev–Trinajstić information content (AvgIpc) is 2.92. The molecule has 0 aliphatic rings. The Kier molecular flexibility index (Phi) is 11.8. The number of carbonyl (C=O) groups is 2.